The first kappa shape index (κ1) is 13.8. The normalized spacial score (nSPS) is 21.6. The maximum absolute atomic E-state index is 12.6. The molecule has 0 radical (unpaired) electrons. The Balaban J connectivity index is 1.39. The lowest BCUT2D eigenvalue weighted by molar-refractivity contribution is -0.134. The Morgan fingerprint density at radius 2 is 1.73 bits per heavy atom. The summed E-state index contributed by atoms with van der Waals surface area (Å²) in [7, 11) is 0. The van der Waals surface area contributed by atoms with Crippen molar-refractivity contribution < 1.29 is 9.59 Å². The molecule has 118 valence electrons. The van der Waals surface area contributed by atoms with Gasteiger partial charge in [-0.3, -0.25) is 14.3 Å². The fourth-order valence-electron chi connectivity index (χ4n) is 3.40. The number of hydrogen-bond donors (Lipinski definition) is 0. The lowest BCUT2D eigenvalue weighted by Gasteiger charge is -2.34. The molecule has 0 N–H and O–H groups in total. The van der Waals surface area contributed by atoms with Crippen molar-refractivity contribution in [2.45, 2.75) is 38.6 Å². The molecule has 1 aromatic heterocycles. The van der Waals surface area contributed by atoms with Crippen LogP contribution < -0.4 is 0 Å². The predicted octanol–water partition coefficient (Wildman–Crippen LogP) is 0.914. The molecule has 3 aliphatic rings. The Kier molecular flexibility index (Phi) is 3.39. The van der Waals surface area contributed by atoms with Gasteiger partial charge in [0.2, 0.25) is 5.91 Å². The number of hydrogen-bond acceptors (Lipinski definition) is 3. The van der Waals surface area contributed by atoms with E-state index in [1.807, 2.05) is 20.5 Å². The first-order chi connectivity index (χ1) is 10.7. The van der Waals surface area contributed by atoms with Gasteiger partial charge in [0.25, 0.3) is 5.91 Å². The summed E-state index contributed by atoms with van der Waals surface area (Å²) in [6.45, 7) is 3.49. The Labute approximate surface area is 130 Å². The molecule has 1 saturated heterocycles. The Morgan fingerprint density at radius 3 is 2.41 bits per heavy atom. The standard InChI is InChI=1S/C16H22N4O2/c21-15(12-4-5-12)18-7-9-19(10-8-18)16(22)14-11-13-3-1-2-6-20(13)17-14/h11-12H,1-10H2. The van der Waals surface area contributed by atoms with Crippen molar-refractivity contribution in [1.82, 2.24) is 19.6 Å². The van der Waals surface area contributed by atoms with E-state index in [4.69, 9.17) is 0 Å². The molecule has 0 atom stereocenters. The number of aromatic nitrogens is 2. The summed E-state index contributed by atoms with van der Waals surface area (Å²) in [6, 6.07) is 1.95. The molecule has 1 aromatic rings. The van der Waals surface area contributed by atoms with Gasteiger partial charge in [-0.25, -0.2) is 0 Å². The lowest BCUT2D eigenvalue weighted by atomic mass is 10.1. The highest BCUT2D eigenvalue weighted by atomic mass is 16.2. The van der Waals surface area contributed by atoms with Crippen molar-refractivity contribution in [2.24, 2.45) is 5.92 Å². The Hall–Kier alpha value is -1.85. The topological polar surface area (TPSA) is 58.4 Å². The van der Waals surface area contributed by atoms with Crippen LogP contribution in [-0.2, 0) is 17.8 Å². The molecule has 1 saturated carbocycles. The van der Waals surface area contributed by atoms with Crippen molar-refractivity contribution >= 4 is 11.8 Å². The van der Waals surface area contributed by atoms with Gasteiger partial charge in [0.05, 0.1) is 0 Å². The van der Waals surface area contributed by atoms with E-state index in [1.165, 1.54) is 12.1 Å². The molecule has 22 heavy (non-hydrogen) atoms. The van der Waals surface area contributed by atoms with Crippen LogP contribution in [0.25, 0.3) is 0 Å². The van der Waals surface area contributed by atoms with Crippen molar-refractivity contribution in [3.05, 3.63) is 17.5 Å². The average Bonchev–Trinajstić information content (AvgIpc) is 3.32. The minimum atomic E-state index is 0.0143. The van der Waals surface area contributed by atoms with Gasteiger partial charge in [-0.15, -0.1) is 0 Å². The van der Waals surface area contributed by atoms with Gasteiger partial charge in [0.15, 0.2) is 5.69 Å². The SMILES string of the molecule is O=C(c1cc2n(n1)CCCC2)N1CCN(C(=O)C2CC2)CC1. The number of nitrogens with zero attached hydrogens (tertiary/aromatic N) is 4. The molecule has 2 amide bonds. The highest BCUT2D eigenvalue weighted by Crippen LogP contribution is 2.31. The second-order valence-electron chi connectivity index (χ2n) is 6.59. The van der Waals surface area contributed by atoms with Crippen molar-refractivity contribution in [3.8, 4) is 0 Å². The molecule has 3 heterocycles. The van der Waals surface area contributed by atoms with Crippen LogP contribution in [0.1, 0.15) is 41.9 Å². The molecular formula is C16H22N4O2. The van der Waals surface area contributed by atoms with Crippen LogP contribution in [0.4, 0.5) is 0 Å². The van der Waals surface area contributed by atoms with Gasteiger partial charge in [-0.05, 0) is 38.2 Å². The third kappa shape index (κ3) is 2.51. The Bertz CT molecular complexity index is 574. The van der Waals surface area contributed by atoms with Gasteiger partial charge >= 0.3 is 0 Å². The van der Waals surface area contributed by atoms with Crippen LogP contribution in [0.5, 0.6) is 0 Å². The third-order valence-corrected chi connectivity index (χ3v) is 4.94. The number of carbonyl (C=O) groups excluding carboxylic acids is 2. The molecule has 0 unspecified atom stereocenters. The summed E-state index contributed by atoms with van der Waals surface area (Å²) in [4.78, 5) is 28.4. The van der Waals surface area contributed by atoms with E-state index in [1.54, 1.807) is 0 Å². The number of rotatable bonds is 2. The summed E-state index contributed by atoms with van der Waals surface area (Å²) in [5.74, 6) is 0.562. The van der Waals surface area contributed by atoms with Gasteiger partial charge < -0.3 is 9.80 Å². The maximum atomic E-state index is 12.6. The van der Waals surface area contributed by atoms with Gasteiger partial charge in [0.1, 0.15) is 0 Å². The number of fused-ring (bicyclic) bond motifs is 1. The van der Waals surface area contributed by atoms with Crippen LogP contribution in [0, 0.1) is 5.92 Å². The van der Waals surface area contributed by atoms with Crippen molar-refractivity contribution in [1.29, 1.82) is 0 Å². The summed E-state index contributed by atoms with van der Waals surface area (Å²) in [5, 5.41) is 4.46. The summed E-state index contributed by atoms with van der Waals surface area (Å²) < 4.78 is 1.98. The summed E-state index contributed by atoms with van der Waals surface area (Å²) in [5.41, 5.74) is 1.75. The van der Waals surface area contributed by atoms with E-state index in [0.29, 0.717) is 31.9 Å². The number of aryl methyl sites for hydroxylation is 2. The third-order valence-electron chi connectivity index (χ3n) is 4.94. The molecule has 0 spiro atoms. The monoisotopic (exact) mass is 302 g/mol. The van der Waals surface area contributed by atoms with E-state index in [-0.39, 0.29) is 17.7 Å². The van der Waals surface area contributed by atoms with Crippen LogP contribution in [0.3, 0.4) is 0 Å². The largest absolute Gasteiger partial charge is 0.339 e. The van der Waals surface area contributed by atoms with Crippen LogP contribution >= 0.6 is 0 Å². The molecule has 2 aliphatic heterocycles. The van der Waals surface area contributed by atoms with Crippen LogP contribution in [0.15, 0.2) is 6.07 Å². The summed E-state index contributed by atoms with van der Waals surface area (Å²) >= 11 is 0. The molecule has 6 heteroatoms. The molecule has 2 fully saturated rings. The zero-order valence-corrected chi connectivity index (χ0v) is 12.8. The molecule has 0 aromatic carbocycles. The maximum Gasteiger partial charge on any atom is 0.274 e. The molecule has 1 aliphatic carbocycles. The number of carbonyl (C=O) groups is 2. The molecule has 4 rings (SSSR count). The fourth-order valence-corrected chi connectivity index (χ4v) is 3.40. The summed E-state index contributed by atoms with van der Waals surface area (Å²) in [6.07, 6.45) is 5.42. The second-order valence-corrected chi connectivity index (χ2v) is 6.59. The minimum Gasteiger partial charge on any atom is -0.339 e. The van der Waals surface area contributed by atoms with Crippen LogP contribution in [0.2, 0.25) is 0 Å². The number of piperazine rings is 1. The predicted molar refractivity (Wildman–Crippen MR) is 80.4 cm³/mol. The van der Waals surface area contributed by atoms with E-state index < -0.39 is 0 Å². The highest BCUT2D eigenvalue weighted by molar-refractivity contribution is 5.92. The second kappa shape index (κ2) is 5.41. The first-order valence-corrected chi connectivity index (χ1v) is 8.37. The van der Waals surface area contributed by atoms with Crippen LogP contribution in [-0.4, -0.2) is 57.6 Å². The molecule has 0 bridgehead atoms. The molecule has 6 nitrogen and oxygen atoms in total. The quantitative estimate of drug-likeness (QED) is 0.816. The van der Waals surface area contributed by atoms with E-state index in [2.05, 4.69) is 5.10 Å². The Morgan fingerprint density at radius 1 is 1.00 bits per heavy atom. The smallest absolute Gasteiger partial charge is 0.274 e. The van der Waals surface area contributed by atoms with Gasteiger partial charge in [-0.1, -0.05) is 0 Å². The fraction of sp³-hybridized carbons (Fsp3) is 0.688. The molecular weight excluding hydrogens is 280 g/mol. The number of amides is 2. The van der Waals surface area contributed by atoms with E-state index >= 15 is 0 Å². The zero-order chi connectivity index (χ0) is 15.1. The minimum absolute atomic E-state index is 0.0143. The van der Waals surface area contributed by atoms with Crippen molar-refractivity contribution in [2.75, 3.05) is 26.2 Å². The first-order valence-electron chi connectivity index (χ1n) is 8.37. The highest BCUT2D eigenvalue weighted by Gasteiger charge is 2.35. The van der Waals surface area contributed by atoms with Crippen molar-refractivity contribution in [3.63, 3.8) is 0 Å². The average molecular weight is 302 g/mol. The lowest BCUT2D eigenvalue weighted by Crippen LogP contribution is -2.51. The van der Waals surface area contributed by atoms with E-state index in [9.17, 15) is 9.59 Å². The zero-order valence-electron chi connectivity index (χ0n) is 12.8. The van der Waals surface area contributed by atoms with E-state index in [0.717, 1.165) is 32.2 Å². The van der Waals surface area contributed by atoms with Gasteiger partial charge in [-0.2, -0.15) is 5.10 Å². The van der Waals surface area contributed by atoms with Gasteiger partial charge in [0, 0.05) is 44.3 Å².